The molecule has 9 nitrogen and oxygen atoms in total. The third-order valence-electron chi connectivity index (χ3n) is 9.44. The van der Waals surface area contributed by atoms with Crippen molar-refractivity contribution in [3.05, 3.63) is 60.3 Å². The maximum Gasteiger partial charge on any atom is 0.208 e. The Hall–Kier alpha value is -4.02. The summed E-state index contributed by atoms with van der Waals surface area (Å²) in [4.78, 5) is 18.8. The van der Waals surface area contributed by atoms with E-state index in [4.69, 9.17) is 10.7 Å². The van der Waals surface area contributed by atoms with E-state index >= 15 is 0 Å². The molecular formula is C32H38FN9. The topological polar surface area (TPSA) is 93.1 Å². The lowest BCUT2D eigenvalue weighted by Gasteiger charge is -2.41. The van der Waals surface area contributed by atoms with Crippen LogP contribution in [0.1, 0.15) is 37.3 Å². The predicted molar refractivity (Wildman–Crippen MR) is 166 cm³/mol. The summed E-state index contributed by atoms with van der Waals surface area (Å²) < 4.78 is 18.4. The highest BCUT2D eigenvalue weighted by Crippen LogP contribution is 2.39. The molecule has 3 aromatic heterocycles. The zero-order chi connectivity index (χ0) is 29.0. The molecule has 1 aliphatic heterocycles. The van der Waals surface area contributed by atoms with Crippen molar-refractivity contribution in [3.63, 3.8) is 0 Å². The molecule has 7 rings (SSSR count). The Morgan fingerprint density at radius 3 is 2.36 bits per heavy atom. The Kier molecular flexibility index (Phi) is 6.82. The van der Waals surface area contributed by atoms with E-state index in [0.29, 0.717) is 34.9 Å². The first-order valence-electron chi connectivity index (χ1n) is 14.9. The molecule has 2 aliphatic rings. The van der Waals surface area contributed by atoms with Gasteiger partial charge in [0.25, 0.3) is 0 Å². The molecule has 0 atom stereocenters. The van der Waals surface area contributed by atoms with Crippen molar-refractivity contribution in [1.29, 1.82) is 0 Å². The number of fused-ring (bicyclic) bond motifs is 2. The van der Waals surface area contributed by atoms with E-state index in [-0.39, 0.29) is 5.82 Å². The maximum absolute atomic E-state index is 14.1. The van der Waals surface area contributed by atoms with Crippen LogP contribution < -0.4 is 11.1 Å². The summed E-state index contributed by atoms with van der Waals surface area (Å²) in [5.74, 6) is 0.916. The lowest BCUT2D eigenvalue weighted by molar-refractivity contribution is 0.0828. The highest BCUT2D eigenvalue weighted by molar-refractivity contribution is 6.00. The van der Waals surface area contributed by atoms with Gasteiger partial charge in [-0.25, -0.2) is 19.3 Å². The van der Waals surface area contributed by atoms with Crippen molar-refractivity contribution in [3.8, 4) is 11.1 Å². The fourth-order valence-electron chi connectivity index (χ4n) is 6.84. The summed E-state index contributed by atoms with van der Waals surface area (Å²) in [6, 6.07) is 12.6. The molecule has 3 N–H and O–H groups in total. The molecule has 4 heterocycles. The molecule has 2 aromatic carbocycles. The van der Waals surface area contributed by atoms with E-state index < -0.39 is 0 Å². The summed E-state index contributed by atoms with van der Waals surface area (Å²) >= 11 is 0. The van der Waals surface area contributed by atoms with Crippen molar-refractivity contribution < 1.29 is 4.39 Å². The second-order valence-corrected chi connectivity index (χ2v) is 11.9. The molecular weight excluding hydrogens is 529 g/mol. The van der Waals surface area contributed by atoms with Gasteiger partial charge in [-0.15, -0.1) is 0 Å². The van der Waals surface area contributed by atoms with Crippen molar-refractivity contribution in [2.24, 2.45) is 7.05 Å². The first kappa shape index (κ1) is 26.9. The number of nitrogens with one attached hydrogen (secondary N) is 1. The number of imidazole rings is 1. The summed E-state index contributed by atoms with van der Waals surface area (Å²) in [5, 5.41) is 4.30. The van der Waals surface area contributed by atoms with Gasteiger partial charge in [-0.3, -0.25) is 4.90 Å². The largest absolute Gasteiger partial charge is 0.383 e. The number of hydrogen-bond acceptors (Lipinski definition) is 7. The van der Waals surface area contributed by atoms with E-state index in [1.807, 2.05) is 23.7 Å². The average Bonchev–Trinajstić information content (AvgIpc) is 3.55. The SMILES string of the molecule is Cc1c(F)ccc2c1nc(Nc1ccc(-c3cn(C4CCC(N5CCN(C)CC5)CC4)c4ncnc(N)c34)cc1)n2C. The zero-order valence-electron chi connectivity index (χ0n) is 24.5. The number of likely N-dealkylation sites (N-methyl/N-ethyl adjacent to an activating group) is 1. The van der Waals surface area contributed by atoms with Crippen LogP contribution in [-0.4, -0.2) is 73.2 Å². The molecule has 0 radical (unpaired) electrons. The van der Waals surface area contributed by atoms with Crippen molar-refractivity contribution in [2.75, 3.05) is 44.3 Å². The zero-order valence-corrected chi connectivity index (χ0v) is 24.5. The quantitative estimate of drug-likeness (QED) is 0.290. The second kappa shape index (κ2) is 10.7. The number of aromatic nitrogens is 5. The summed E-state index contributed by atoms with van der Waals surface area (Å²) in [7, 11) is 4.15. The van der Waals surface area contributed by atoms with E-state index in [1.165, 1.54) is 32.0 Å². The van der Waals surface area contributed by atoms with Crippen LogP contribution in [0, 0.1) is 12.7 Å². The number of piperazine rings is 1. The van der Waals surface area contributed by atoms with E-state index in [2.05, 4.69) is 55.0 Å². The minimum absolute atomic E-state index is 0.248. The molecule has 0 unspecified atom stereocenters. The number of halogens is 1. The van der Waals surface area contributed by atoms with Crippen molar-refractivity contribution >= 4 is 39.5 Å². The first-order valence-corrected chi connectivity index (χ1v) is 14.9. The number of nitrogens with two attached hydrogens (primary N) is 1. The normalized spacial score (nSPS) is 20.5. The second-order valence-electron chi connectivity index (χ2n) is 11.9. The number of rotatable bonds is 5. The van der Waals surface area contributed by atoms with E-state index in [9.17, 15) is 4.39 Å². The monoisotopic (exact) mass is 567 g/mol. The minimum atomic E-state index is -0.248. The summed E-state index contributed by atoms with van der Waals surface area (Å²) in [6.45, 7) is 6.42. The highest BCUT2D eigenvalue weighted by atomic mass is 19.1. The number of benzene rings is 2. The maximum atomic E-state index is 14.1. The summed E-state index contributed by atoms with van der Waals surface area (Å²) in [5.41, 5.74) is 12.5. The van der Waals surface area contributed by atoms with E-state index in [1.54, 1.807) is 19.3 Å². The Balaban J connectivity index is 1.13. The van der Waals surface area contributed by atoms with Gasteiger partial charge in [0.05, 0.1) is 16.4 Å². The summed E-state index contributed by atoms with van der Waals surface area (Å²) in [6.07, 6.45) is 8.48. The standard InChI is InChI=1S/C32H38FN9/c1-20-26(33)12-13-27-29(20)38-32(40(27)3)37-22-6-4-21(5-7-22)25-18-42(31-28(25)30(34)35-19-36-31)24-10-8-23(9-11-24)41-16-14-39(2)15-17-41/h4-7,12-13,18-19,23-24H,8-11,14-17H2,1-3H3,(H,37,38)(H2,34,35,36). The average molecular weight is 568 g/mol. The number of aryl methyl sites for hydroxylation is 2. The molecule has 0 spiro atoms. The third kappa shape index (κ3) is 4.68. The van der Waals surface area contributed by atoms with Crippen LogP contribution >= 0.6 is 0 Å². The van der Waals surface area contributed by atoms with Gasteiger partial charge in [0.2, 0.25) is 5.95 Å². The molecule has 5 aromatic rings. The van der Waals surface area contributed by atoms with Gasteiger partial charge < -0.3 is 25.1 Å². The number of hydrogen-bond donors (Lipinski definition) is 2. The molecule has 1 saturated heterocycles. The van der Waals surface area contributed by atoms with Crippen LogP contribution in [0.3, 0.4) is 0 Å². The van der Waals surface area contributed by atoms with Crippen LogP contribution in [0.5, 0.6) is 0 Å². The number of nitrogens with zero attached hydrogens (tertiary/aromatic N) is 7. The van der Waals surface area contributed by atoms with Gasteiger partial charge in [0, 0.05) is 68.3 Å². The predicted octanol–water partition coefficient (Wildman–Crippen LogP) is 5.49. The van der Waals surface area contributed by atoms with Gasteiger partial charge in [-0.1, -0.05) is 12.1 Å². The van der Waals surface area contributed by atoms with Gasteiger partial charge in [0.15, 0.2) is 0 Å². The Morgan fingerprint density at radius 1 is 0.905 bits per heavy atom. The molecule has 1 aliphatic carbocycles. The Bertz CT molecular complexity index is 1740. The molecule has 218 valence electrons. The fourth-order valence-corrected chi connectivity index (χ4v) is 6.84. The third-order valence-corrected chi connectivity index (χ3v) is 9.44. The molecule has 2 fully saturated rings. The lowest BCUT2D eigenvalue weighted by Crippen LogP contribution is -2.49. The minimum Gasteiger partial charge on any atom is -0.383 e. The van der Waals surface area contributed by atoms with Crippen molar-refractivity contribution in [1.82, 2.24) is 33.9 Å². The number of nitrogen functional groups attached to an aromatic ring is 1. The smallest absolute Gasteiger partial charge is 0.208 e. The van der Waals surface area contributed by atoms with Gasteiger partial charge in [0.1, 0.15) is 23.6 Å². The first-order chi connectivity index (χ1) is 20.4. The van der Waals surface area contributed by atoms with Gasteiger partial charge >= 0.3 is 0 Å². The highest BCUT2D eigenvalue weighted by Gasteiger charge is 2.30. The molecule has 0 amide bonds. The van der Waals surface area contributed by atoms with Gasteiger partial charge in [-0.05, 0) is 69.5 Å². The van der Waals surface area contributed by atoms with Crippen LogP contribution in [0.15, 0.2) is 48.9 Å². The van der Waals surface area contributed by atoms with E-state index in [0.717, 1.165) is 59.3 Å². The van der Waals surface area contributed by atoms with Gasteiger partial charge in [-0.2, -0.15) is 0 Å². The van der Waals surface area contributed by atoms with Crippen LogP contribution in [0.2, 0.25) is 0 Å². The molecule has 10 heteroatoms. The van der Waals surface area contributed by atoms with Crippen LogP contribution in [0.25, 0.3) is 33.2 Å². The van der Waals surface area contributed by atoms with Crippen LogP contribution in [0.4, 0.5) is 21.8 Å². The van der Waals surface area contributed by atoms with Crippen LogP contribution in [-0.2, 0) is 7.05 Å². The molecule has 1 saturated carbocycles. The number of anilines is 3. The Morgan fingerprint density at radius 2 is 1.62 bits per heavy atom. The molecule has 0 bridgehead atoms. The Labute approximate surface area is 245 Å². The van der Waals surface area contributed by atoms with Crippen molar-refractivity contribution in [2.45, 2.75) is 44.7 Å². The molecule has 42 heavy (non-hydrogen) atoms. The fraction of sp³-hybridized carbons (Fsp3) is 0.406. The lowest BCUT2D eigenvalue weighted by atomic mass is 9.89.